The van der Waals surface area contributed by atoms with Crippen LogP contribution < -0.4 is 10.0 Å². The molecule has 36 heavy (non-hydrogen) atoms. The number of para-hydroxylation sites is 1. The van der Waals surface area contributed by atoms with Gasteiger partial charge in [-0.2, -0.15) is 0 Å². The number of ether oxygens (including phenoxy) is 1. The quantitative estimate of drug-likeness (QED) is 0.290. The van der Waals surface area contributed by atoms with E-state index in [1.165, 1.54) is 18.2 Å². The third-order valence-corrected chi connectivity index (χ3v) is 7.97. The molecule has 1 amide bonds. The summed E-state index contributed by atoms with van der Waals surface area (Å²) in [5.41, 5.74) is 3.05. The van der Waals surface area contributed by atoms with Crippen LogP contribution in [-0.4, -0.2) is 20.3 Å². The molecule has 0 bridgehead atoms. The van der Waals surface area contributed by atoms with Crippen LogP contribution in [0.2, 0.25) is 0 Å². The highest BCUT2D eigenvalue weighted by molar-refractivity contribution is 7.94. The number of hydrogen-bond donors (Lipinski definition) is 2. The number of aryl methyl sites for hydroxylation is 2. The summed E-state index contributed by atoms with van der Waals surface area (Å²) >= 11 is 1.06. The molecular weight excluding hydrogens is 496 g/mol. The zero-order valence-electron chi connectivity index (χ0n) is 19.6. The lowest BCUT2D eigenvalue weighted by Crippen LogP contribution is -2.26. The monoisotopic (exact) mass is 520 g/mol. The topological polar surface area (TPSA) is 102 Å². The van der Waals surface area contributed by atoms with Gasteiger partial charge in [0.15, 0.2) is 0 Å². The van der Waals surface area contributed by atoms with E-state index in [-0.39, 0.29) is 15.5 Å². The minimum atomic E-state index is -3.89. The summed E-state index contributed by atoms with van der Waals surface area (Å²) in [6, 6.07) is 23.5. The maximum Gasteiger partial charge on any atom is 0.341 e. The lowest BCUT2D eigenvalue weighted by Gasteiger charge is -2.19. The van der Waals surface area contributed by atoms with E-state index in [9.17, 15) is 18.0 Å². The summed E-state index contributed by atoms with van der Waals surface area (Å²) < 4.78 is 33.7. The van der Waals surface area contributed by atoms with Crippen molar-refractivity contribution in [3.8, 4) is 0 Å². The fourth-order valence-electron chi connectivity index (χ4n) is 3.69. The van der Waals surface area contributed by atoms with Gasteiger partial charge in [-0.25, -0.2) is 13.2 Å². The SMILES string of the molecule is Cc1cc(C)cc(NC(=O)C(OC(=O)c2ccccc2NS(=O)(=O)c2cccs2)c2ccccc2)c1. The largest absolute Gasteiger partial charge is 0.444 e. The zero-order chi connectivity index (χ0) is 25.7. The van der Waals surface area contributed by atoms with Gasteiger partial charge >= 0.3 is 5.97 Å². The number of carbonyl (C=O) groups is 2. The molecule has 0 aliphatic rings. The number of carbonyl (C=O) groups excluding carboxylic acids is 2. The Balaban J connectivity index is 1.61. The predicted molar refractivity (Wildman–Crippen MR) is 141 cm³/mol. The second-order valence-corrected chi connectivity index (χ2v) is 11.0. The Morgan fingerprint density at radius 2 is 1.53 bits per heavy atom. The van der Waals surface area contributed by atoms with Gasteiger partial charge in [-0.15, -0.1) is 11.3 Å². The summed E-state index contributed by atoms with van der Waals surface area (Å²) in [5, 5.41) is 4.47. The Labute approximate surface area is 213 Å². The molecule has 0 fully saturated rings. The maximum atomic E-state index is 13.3. The summed E-state index contributed by atoms with van der Waals surface area (Å²) in [4.78, 5) is 26.5. The molecule has 184 valence electrons. The van der Waals surface area contributed by atoms with Gasteiger partial charge in [0.2, 0.25) is 6.10 Å². The molecule has 1 unspecified atom stereocenters. The van der Waals surface area contributed by atoms with E-state index in [0.29, 0.717) is 11.3 Å². The second kappa shape index (κ2) is 10.8. The van der Waals surface area contributed by atoms with Crippen LogP contribution in [0.25, 0.3) is 0 Å². The van der Waals surface area contributed by atoms with Gasteiger partial charge in [0.25, 0.3) is 15.9 Å². The number of benzene rings is 3. The van der Waals surface area contributed by atoms with Crippen molar-refractivity contribution < 1.29 is 22.7 Å². The molecule has 9 heteroatoms. The van der Waals surface area contributed by atoms with Crippen molar-refractivity contribution >= 4 is 44.6 Å². The Kier molecular flexibility index (Phi) is 7.52. The fraction of sp³-hybridized carbons (Fsp3) is 0.111. The van der Waals surface area contributed by atoms with E-state index in [2.05, 4.69) is 10.0 Å². The molecule has 0 aliphatic carbocycles. The Bertz CT molecular complexity index is 1460. The predicted octanol–water partition coefficient (Wildman–Crippen LogP) is 5.70. The summed E-state index contributed by atoms with van der Waals surface area (Å²) in [7, 11) is -3.89. The van der Waals surface area contributed by atoms with Crippen molar-refractivity contribution in [1.29, 1.82) is 0 Å². The zero-order valence-corrected chi connectivity index (χ0v) is 21.2. The first-order valence-electron chi connectivity index (χ1n) is 11.0. The number of nitrogens with one attached hydrogen (secondary N) is 2. The number of rotatable bonds is 8. The molecule has 0 spiro atoms. The first-order chi connectivity index (χ1) is 17.2. The van der Waals surface area contributed by atoms with Crippen LogP contribution in [0.3, 0.4) is 0 Å². The lowest BCUT2D eigenvalue weighted by atomic mass is 10.1. The van der Waals surface area contributed by atoms with Gasteiger partial charge in [-0.1, -0.05) is 54.6 Å². The average molecular weight is 521 g/mol. The third-order valence-electron chi connectivity index (χ3n) is 5.21. The van der Waals surface area contributed by atoms with Crippen LogP contribution in [0.1, 0.15) is 33.2 Å². The molecule has 1 atom stereocenters. The lowest BCUT2D eigenvalue weighted by molar-refractivity contribution is -0.125. The molecular formula is C27H24N2O5S2. The highest BCUT2D eigenvalue weighted by Gasteiger charge is 2.28. The molecule has 4 rings (SSSR count). The molecule has 0 saturated heterocycles. The number of anilines is 2. The standard InChI is InChI=1S/C27H24N2O5S2/c1-18-15-19(2)17-21(16-18)28-26(30)25(20-9-4-3-5-10-20)34-27(31)22-11-6-7-12-23(22)29-36(32,33)24-13-8-14-35-24/h3-17,25,29H,1-2H3,(H,28,30). The van der Waals surface area contributed by atoms with E-state index in [1.54, 1.807) is 53.9 Å². The highest BCUT2D eigenvalue weighted by Crippen LogP contribution is 2.27. The number of hydrogen-bond acceptors (Lipinski definition) is 6. The van der Waals surface area contributed by atoms with Crippen LogP contribution in [0.15, 0.2) is 94.5 Å². The normalized spacial score (nSPS) is 11.9. The minimum Gasteiger partial charge on any atom is -0.444 e. The molecule has 0 saturated carbocycles. The number of thiophene rings is 1. The summed E-state index contributed by atoms with van der Waals surface area (Å²) in [5.74, 6) is -1.37. The van der Waals surface area contributed by atoms with Gasteiger partial charge in [0, 0.05) is 11.3 Å². The van der Waals surface area contributed by atoms with E-state index < -0.39 is 28.0 Å². The van der Waals surface area contributed by atoms with Crippen LogP contribution >= 0.6 is 11.3 Å². The Morgan fingerprint density at radius 3 is 2.19 bits per heavy atom. The molecule has 3 aromatic carbocycles. The number of sulfonamides is 1. The molecule has 1 heterocycles. The van der Waals surface area contributed by atoms with Crippen LogP contribution in [-0.2, 0) is 19.6 Å². The van der Waals surface area contributed by atoms with Crippen LogP contribution in [0.4, 0.5) is 11.4 Å². The first-order valence-corrected chi connectivity index (χ1v) is 13.4. The van der Waals surface area contributed by atoms with Gasteiger partial charge in [-0.05, 0) is 60.7 Å². The van der Waals surface area contributed by atoms with Crippen molar-refractivity contribution in [2.45, 2.75) is 24.2 Å². The molecule has 0 radical (unpaired) electrons. The Hall–Kier alpha value is -3.95. The first kappa shape index (κ1) is 25.2. The third kappa shape index (κ3) is 5.99. The molecule has 7 nitrogen and oxygen atoms in total. The average Bonchev–Trinajstić information content (AvgIpc) is 3.39. The van der Waals surface area contributed by atoms with E-state index in [4.69, 9.17) is 4.74 Å². The van der Waals surface area contributed by atoms with Crippen LogP contribution in [0.5, 0.6) is 0 Å². The van der Waals surface area contributed by atoms with E-state index in [0.717, 1.165) is 22.5 Å². The van der Waals surface area contributed by atoms with Crippen LogP contribution in [0, 0.1) is 13.8 Å². The molecule has 4 aromatic rings. The smallest absolute Gasteiger partial charge is 0.341 e. The van der Waals surface area contributed by atoms with Gasteiger partial charge in [0.05, 0.1) is 11.3 Å². The van der Waals surface area contributed by atoms with Crippen molar-refractivity contribution in [2.24, 2.45) is 0 Å². The number of amides is 1. The summed E-state index contributed by atoms with van der Waals surface area (Å²) in [6.07, 6.45) is -1.26. The Morgan fingerprint density at radius 1 is 0.861 bits per heavy atom. The van der Waals surface area contributed by atoms with Gasteiger partial charge in [-0.3, -0.25) is 9.52 Å². The molecule has 2 N–H and O–H groups in total. The van der Waals surface area contributed by atoms with Crippen molar-refractivity contribution in [3.63, 3.8) is 0 Å². The van der Waals surface area contributed by atoms with Crippen molar-refractivity contribution in [1.82, 2.24) is 0 Å². The number of esters is 1. The molecule has 0 aliphatic heterocycles. The fourth-order valence-corrected chi connectivity index (χ4v) is 5.76. The van der Waals surface area contributed by atoms with Gasteiger partial charge in [0.1, 0.15) is 4.21 Å². The summed E-state index contributed by atoms with van der Waals surface area (Å²) in [6.45, 7) is 3.84. The van der Waals surface area contributed by atoms with E-state index >= 15 is 0 Å². The van der Waals surface area contributed by atoms with Crippen molar-refractivity contribution in [3.05, 3.63) is 113 Å². The maximum absolute atomic E-state index is 13.3. The minimum absolute atomic E-state index is 0.0160. The van der Waals surface area contributed by atoms with Gasteiger partial charge < -0.3 is 10.1 Å². The van der Waals surface area contributed by atoms with Crippen molar-refractivity contribution in [2.75, 3.05) is 10.0 Å². The highest BCUT2D eigenvalue weighted by atomic mass is 32.2. The van der Waals surface area contributed by atoms with E-state index in [1.807, 2.05) is 32.0 Å². The second-order valence-electron chi connectivity index (χ2n) is 8.14. The molecule has 1 aromatic heterocycles.